The van der Waals surface area contributed by atoms with Crippen LogP contribution in [0.25, 0.3) is 0 Å². The first kappa shape index (κ1) is 33.7. The van der Waals surface area contributed by atoms with E-state index < -0.39 is 48.4 Å². The van der Waals surface area contributed by atoms with Gasteiger partial charge in [-0.1, -0.05) is 47.1 Å². The standard InChI is InChI=1S/C28H43NO10/c1-8-16(4)13-23(30)35-15-17(5)24(25(29)26(31)32)20-11-12-21(38-27(33)36-18(6)9-2)22(14-20)39-28(34)37-19(7)10-3/h11-12,14,16-19,24-25H,8-10,13,15,29H2,1-7H3,(H,31,32)/t16?,17?,18?,19?,24?,25-/m0/s1. The fourth-order valence-corrected chi connectivity index (χ4v) is 3.48. The number of hydrogen-bond donors (Lipinski definition) is 2. The molecule has 1 aromatic rings. The number of aliphatic carboxylic acids is 1. The number of carbonyl (C=O) groups is 4. The van der Waals surface area contributed by atoms with Gasteiger partial charge in [0.25, 0.3) is 0 Å². The maximum atomic E-state index is 12.4. The van der Waals surface area contributed by atoms with Crippen LogP contribution in [-0.2, 0) is 23.8 Å². The number of nitrogens with two attached hydrogens (primary N) is 1. The molecule has 0 aliphatic carbocycles. The van der Waals surface area contributed by atoms with Gasteiger partial charge in [0.15, 0.2) is 11.5 Å². The van der Waals surface area contributed by atoms with E-state index in [4.69, 9.17) is 29.4 Å². The molecule has 1 rings (SSSR count). The Balaban J connectivity index is 3.34. The molecule has 0 amide bonds. The van der Waals surface area contributed by atoms with Gasteiger partial charge in [-0.15, -0.1) is 0 Å². The van der Waals surface area contributed by atoms with Gasteiger partial charge < -0.3 is 34.5 Å². The lowest BCUT2D eigenvalue weighted by Crippen LogP contribution is -2.40. The number of ether oxygens (including phenoxy) is 5. The van der Waals surface area contributed by atoms with Gasteiger partial charge >= 0.3 is 24.2 Å². The molecule has 0 aromatic heterocycles. The Morgan fingerprint density at radius 3 is 1.87 bits per heavy atom. The summed E-state index contributed by atoms with van der Waals surface area (Å²) in [6.45, 7) is 12.6. The monoisotopic (exact) mass is 553 g/mol. The highest BCUT2D eigenvalue weighted by Gasteiger charge is 2.33. The molecular weight excluding hydrogens is 510 g/mol. The van der Waals surface area contributed by atoms with Crippen LogP contribution in [0.15, 0.2) is 18.2 Å². The van der Waals surface area contributed by atoms with Crippen molar-refractivity contribution in [3.05, 3.63) is 23.8 Å². The summed E-state index contributed by atoms with van der Waals surface area (Å²) < 4.78 is 26.3. The number of carboxylic acid groups (broad SMARTS) is 1. The van der Waals surface area contributed by atoms with E-state index in [0.29, 0.717) is 18.4 Å². The quantitative estimate of drug-likeness (QED) is 0.162. The predicted octanol–water partition coefficient (Wildman–Crippen LogP) is 5.43. The minimum Gasteiger partial charge on any atom is -0.480 e. The van der Waals surface area contributed by atoms with E-state index >= 15 is 0 Å². The fraction of sp³-hybridized carbons (Fsp3) is 0.643. The van der Waals surface area contributed by atoms with Gasteiger partial charge in [-0.3, -0.25) is 9.59 Å². The van der Waals surface area contributed by atoms with Crippen LogP contribution in [0, 0.1) is 11.8 Å². The zero-order chi connectivity index (χ0) is 29.7. The van der Waals surface area contributed by atoms with Gasteiger partial charge in [0.1, 0.15) is 18.2 Å². The molecule has 0 saturated carbocycles. The Bertz CT molecular complexity index is 966. The lowest BCUT2D eigenvalue weighted by molar-refractivity contribution is -0.146. The minimum atomic E-state index is -1.38. The first-order valence-corrected chi connectivity index (χ1v) is 13.4. The Kier molecular flexibility index (Phi) is 14.3. The van der Waals surface area contributed by atoms with Crippen LogP contribution >= 0.6 is 0 Å². The summed E-state index contributed by atoms with van der Waals surface area (Å²) in [7, 11) is 0. The van der Waals surface area contributed by atoms with Crippen LogP contribution in [0.5, 0.6) is 11.5 Å². The van der Waals surface area contributed by atoms with E-state index in [1.54, 1.807) is 20.8 Å². The van der Waals surface area contributed by atoms with Gasteiger partial charge in [-0.2, -0.15) is 0 Å². The van der Waals surface area contributed by atoms with Gasteiger partial charge in [-0.05, 0) is 56.2 Å². The molecule has 1 aromatic carbocycles. The van der Waals surface area contributed by atoms with Crippen molar-refractivity contribution in [1.29, 1.82) is 0 Å². The summed E-state index contributed by atoms with van der Waals surface area (Å²) in [6, 6.07) is 2.83. The molecule has 0 fully saturated rings. The van der Waals surface area contributed by atoms with Crippen LogP contribution in [0.2, 0.25) is 0 Å². The molecule has 0 heterocycles. The molecule has 0 spiro atoms. The molecule has 39 heavy (non-hydrogen) atoms. The van der Waals surface area contributed by atoms with Crippen LogP contribution in [0.3, 0.4) is 0 Å². The predicted molar refractivity (Wildman–Crippen MR) is 143 cm³/mol. The van der Waals surface area contributed by atoms with E-state index in [2.05, 4.69) is 0 Å². The van der Waals surface area contributed by atoms with Crippen molar-refractivity contribution in [2.45, 2.75) is 98.3 Å². The van der Waals surface area contributed by atoms with Crippen LogP contribution < -0.4 is 15.2 Å². The van der Waals surface area contributed by atoms with Crippen molar-refractivity contribution in [3.63, 3.8) is 0 Å². The first-order valence-electron chi connectivity index (χ1n) is 13.4. The summed E-state index contributed by atoms with van der Waals surface area (Å²) in [5, 5.41) is 9.69. The zero-order valence-electron chi connectivity index (χ0n) is 23.9. The van der Waals surface area contributed by atoms with Crippen molar-refractivity contribution in [2.75, 3.05) is 6.61 Å². The molecule has 5 unspecified atom stereocenters. The molecule has 0 aliphatic heterocycles. The van der Waals surface area contributed by atoms with Gasteiger partial charge in [-0.25, -0.2) is 9.59 Å². The summed E-state index contributed by atoms with van der Waals surface area (Å²) >= 11 is 0. The summed E-state index contributed by atoms with van der Waals surface area (Å²) in [6.07, 6.45) is -0.704. The molecule has 3 N–H and O–H groups in total. The molecule has 0 radical (unpaired) electrons. The van der Waals surface area contributed by atoms with Crippen molar-refractivity contribution >= 4 is 24.2 Å². The highest BCUT2D eigenvalue weighted by atomic mass is 16.7. The van der Waals surface area contributed by atoms with E-state index in [-0.39, 0.29) is 36.4 Å². The van der Waals surface area contributed by atoms with Crippen molar-refractivity contribution in [1.82, 2.24) is 0 Å². The third-order valence-electron chi connectivity index (χ3n) is 6.49. The third-order valence-corrected chi connectivity index (χ3v) is 6.49. The van der Waals surface area contributed by atoms with Crippen LogP contribution in [0.4, 0.5) is 9.59 Å². The zero-order valence-corrected chi connectivity index (χ0v) is 23.9. The second kappa shape index (κ2) is 16.6. The second-order valence-corrected chi connectivity index (χ2v) is 9.85. The molecule has 11 heteroatoms. The normalized spacial score (nSPS) is 15.6. The van der Waals surface area contributed by atoms with Crippen molar-refractivity contribution in [3.8, 4) is 11.5 Å². The Morgan fingerprint density at radius 1 is 0.846 bits per heavy atom. The molecular formula is C28H43NO10. The second-order valence-electron chi connectivity index (χ2n) is 9.85. The average molecular weight is 554 g/mol. The lowest BCUT2D eigenvalue weighted by Gasteiger charge is -2.28. The SMILES string of the molecule is CCC(C)CC(=O)OCC(C)C(c1ccc(OC(=O)OC(C)CC)c(OC(=O)OC(C)CC)c1)[C@H](N)C(=O)O. The van der Waals surface area contributed by atoms with E-state index in [9.17, 15) is 24.3 Å². The minimum absolute atomic E-state index is 0.0767. The summed E-state index contributed by atoms with van der Waals surface area (Å²) in [4.78, 5) is 48.7. The largest absolute Gasteiger partial charge is 0.514 e. The maximum absolute atomic E-state index is 12.4. The maximum Gasteiger partial charge on any atom is 0.514 e. The number of rotatable bonds is 15. The smallest absolute Gasteiger partial charge is 0.480 e. The Hall–Kier alpha value is -3.34. The first-order chi connectivity index (χ1) is 18.3. The van der Waals surface area contributed by atoms with E-state index in [1.807, 2.05) is 27.7 Å². The fourth-order valence-electron chi connectivity index (χ4n) is 3.48. The van der Waals surface area contributed by atoms with Crippen LogP contribution in [-0.4, -0.2) is 54.2 Å². The van der Waals surface area contributed by atoms with Crippen molar-refractivity contribution in [2.24, 2.45) is 17.6 Å². The lowest BCUT2D eigenvalue weighted by atomic mass is 9.82. The van der Waals surface area contributed by atoms with Gasteiger partial charge in [0.05, 0.1) is 6.61 Å². The molecule has 11 nitrogen and oxygen atoms in total. The van der Waals surface area contributed by atoms with Gasteiger partial charge in [0, 0.05) is 12.3 Å². The van der Waals surface area contributed by atoms with E-state index in [1.165, 1.54) is 18.2 Å². The van der Waals surface area contributed by atoms with Crippen LogP contribution in [0.1, 0.15) is 85.6 Å². The molecule has 220 valence electrons. The van der Waals surface area contributed by atoms with E-state index in [0.717, 1.165) is 6.42 Å². The number of esters is 1. The average Bonchev–Trinajstić information content (AvgIpc) is 2.88. The third kappa shape index (κ3) is 11.5. The number of carbonyl (C=O) groups excluding carboxylic acids is 3. The highest BCUT2D eigenvalue weighted by Crippen LogP contribution is 2.36. The van der Waals surface area contributed by atoms with Crippen molar-refractivity contribution < 1.29 is 48.0 Å². The topological polar surface area (TPSA) is 161 Å². The molecule has 0 bridgehead atoms. The summed E-state index contributed by atoms with van der Waals surface area (Å²) in [5.41, 5.74) is 6.41. The highest BCUT2D eigenvalue weighted by molar-refractivity contribution is 5.75. The molecule has 0 saturated heterocycles. The number of carboxylic acids is 1. The Labute approximate surface area is 230 Å². The van der Waals surface area contributed by atoms with Gasteiger partial charge in [0.2, 0.25) is 0 Å². The molecule has 0 aliphatic rings. The summed E-state index contributed by atoms with van der Waals surface area (Å²) in [5.74, 6) is -3.21. The number of benzene rings is 1. The number of hydrogen-bond acceptors (Lipinski definition) is 10. The molecule has 6 atom stereocenters. The Morgan fingerprint density at radius 2 is 1.38 bits per heavy atom.